The van der Waals surface area contributed by atoms with Crippen LogP contribution in [0, 0.1) is 5.92 Å². The maximum atomic E-state index is 13.3. The van der Waals surface area contributed by atoms with E-state index >= 15 is 0 Å². The van der Waals surface area contributed by atoms with Crippen LogP contribution in [0.15, 0.2) is 24.3 Å². The average Bonchev–Trinajstić information content (AvgIpc) is 2.76. The lowest BCUT2D eigenvalue weighted by Gasteiger charge is -2.55. The van der Waals surface area contributed by atoms with Gasteiger partial charge in [0.2, 0.25) is 11.8 Å². The molecule has 176 valence electrons. The van der Waals surface area contributed by atoms with Crippen LogP contribution < -0.4 is 10.1 Å². The lowest BCUT2D eigenvalue weighted by molar-refractivity contribution is -0.189. The normalized spacial score (nSPS) is 21.8. The first kappa shape index (κ1) is 23.8. The number of unbranched alkanes of at least 4 members (excludes halogenated alkanes) is 1. The van der Waals surface area contributed by atoms with E-state index in [0.29, 0.717) is 19.6 Å². The summed E-state index contributed by atoms with van der Waals surface area (Å²) in [5, 5.41) is 6.20. The number of carbonyl (C=O) groups is 3. The number of nitrogens with one attached hydrogen (secondary N) is 1. The molecule has 9 nitrogen and oxygen atoms in total. The highest BCUT2D eigenvalue weighted by Gasteiger charge is 2.51. The molecule has 4 amide bonds. The van der Waals surface area contributed by atoms with Crippen LogP contribution in [0.3, 0.4) is 0 Å². The van der Waals surface area contributed by atoms with Gasteiger partial charge in [0.25, 0.3) is 0 Å². The molecule has 2 heterocycles. The second-order valence-electron chi connectivity index (χ2n) is 8.78. The summed E-state index contributed by atoms with van der Waals surface area (Å²) in [6.45, 7) is 7.32. The maximum Gasteiger partial charge on any atom is 0.334 e. The molecule has 32 heavy (non-hydrogen) atoms. The van der Waals surface area contributed by atoms with Crippen molar-refractivity contribution in [2.24, 2.45) is 5.92 Å². The van der Waals surface area contributed by atoms with Crippen molar-refractivity contribution in [1.29, 1.82) is 0 Å². The summed E-state index contributed by atoms with van der Waals surface area (Å²) in [5.74, 6) is 0.551. The van der Waals surface area contributed by atoms with Crippen LogP contribution in [0.1, 0.15) is 39.2 Å². The van der Waals surface area contributed by atoms with Crippen LogP contribution in [0.4, 0.5) is 4.79 Å². The number of piperazine rings is 1. The molecule has 9 heteroatoms. The van der Waals surface area contributed by atoms with E-state index in [9.17, 15) is 14.4 Å². The second-order valence-corrected chi connectivity index (χ2v) is 8.78. The Bertz CT molecular complexity index is 828. The van der Waals surface area contributed by atoms with Crippen molar-refractivity contribution >= 4 is 17.8 Å². The van der Waals surface area contributed by atoms with Gasteiger partial charge in [0.05, 0.1) is 20.2 Å². The number of likely N-dealkylation sites (N-methyl/N-ethyl adjacent to an activating group) is 1. The van der Waals surface area contributed by atoms with Gasteiger partial charge in [-0.05, 0) is 30.0 Å². The Hall–Kier alpha value is -2.81. The Labute approximate surface area is 190 Å². The van der Waals surface area contributed by atoms with Gasteiger partial charge in [0, 0.05) is 20.1 Å². The molecule has 0 unspecified atom stereocenters. The molecular formula is C23H35N5O4. The standard InChI is InChI=1S/C23H35N5O4/c1-6-7-12-26-14-19-27(21(16(2)3)22(26)30)20(29)15-25(4)28(19)23(31)24-13-17-8-10-18(32-5)11-9-17/h8-11,16,19,21H,6-7,12-15H2,1-5H3,(H,24,31)/t19-,21-/m0/s1. The first-order valence-electron chi connectivity index (χ1n) is 11.3. The number of hydrazine groups is 1. The zero-order valence-electron chi connectivity index (χ0n) is 19.7. The number of fused-ring (bicyclic) bond motifs is 1. The minimum Gasteiger partial charge on any atom is -0.497 e. The van der Waals surface area contributed by atoms with E-state index in [0.717, 1.165) is 24.2 Å². The smallest absolute Gasteiger partial charge is 0.334 e. The number of ether oxygens (including phenoxy) is 1. The monoisotopic (exact) mass is 445 g/mol. The molecule has 1 aromatic carbocycles. The molecule has 1 N–H and O–H groups in total. The lowest BCUT2D eigenvalue weighted by atomic mass is 9.96. The van der Waals surface area contributed by atoms with Gasteiger partial charge < -0.3 is 19.9 Å². The van der Waals surface area contributed by atoms with Crippen molar-refractivity contribution in [3.8, 4) is 5.75 Å². The first-order chi connectivity index (χ1) is 15.3. The third-order valence-electron chi connectivity index (χ3n) is 6.10. The molecule has 0 saturated carbocycles. The van der Waals surface area contributed by atoms with Crippen LogP contribution in [0.5, 0.6) is 5.75 Å². The Morgan fingerprint density at radius 1 is 1.22 bits per heavy atom. The third-order valence-corrected chi connectivity index (χ3v) is 6.10. The van der Waals surface area contributed by atoms with Gasteiger partial charge in [0.1, 0.15) is 18.0 Å². The summed E-state index contributed by atoms with van der Waals surface area (Å²) in [7, 11) is 3.35. The summed E-state index contributed by atoms with van der Waals surface area (Å²) in [4.78, 5) is 42.8. The van der Waals surface area contributed by atoms with Crippen LogP contribution in [-0.4, -0.2) is 83.7 Å². The second kappa shape index (κ2) is 10.2. The van der Waals surface area contributed by atoms with Gasteiger partial charge in [-0.25, -0.2) is 14.8 Å². The molecule has 0 spiro atoms. The summed E-state index contributed by atoms with van der Waals surface area (Å²) >= 11 is 0. The first-order valence-corrected chi connectivity index (χ1v) is 11.3. The SMILES string of the molecule is CCCCN1C[C@H]2N(C(=O)CN(C)N2C(=O)NCc2ccc(OC)cc2)[C@@H](C(C)C)C1=O. The van der Waals surface area contributed by atoms with Crippen molar-refractivity contribution < 1.29 is 19.1 Å². The van der Waals surface area contributed by atoms with Crippen LogP contribution in [0.2, 0.25) is 0 Å². The van der Waals surface area contributed by atoms with Gasteiger partial charge >= 0.3 is 6.03 Å². The molecule has 2 atom stereocenters. The predicted octanol–water partition coefficient (Wildman–Crippen LogP) is 1.89. The van der Waals surface area contributed by atoms with Crippen molar-refractivity contribution in [3.63, 3.8) is 0 Å². The molecule has 1 aromatic rings. The molecule has 0 bridgehead atoms. The van der Waals surface area contributed by atoms with Crippen LogP contribution in [0.25, 0.3) is 0 Å². The highest BCUT2D eigenvalue weighted by molar-refractivity contribution is 5.91. The summed E-state index contributed by atoms with van der Waals surface area (Å²) in [6.07, 6.45) is 1.32. The molecular weight excluding hydrogens is 410 g/mol. The minimum absolute atomic E-state index is 0.0267. The Morgan fingerprint density at radius 3 is 2.50 bits per heavy atom. The number of carbonyl (C=O) groups excluding carboxylic acids is 3. The molecule has 3 rings (SSSR count). The number of benzene rings is 1. The van der Waals surface area contributed by atoms with Gasteiger partial charge in [-0.1, -0.05) is 39.3 Å². The number of methoxy groups -OCH3 is 1. The molecule has 2 aliphatic heterocycles. The molecule has 0 aliphatic carbocycles. The number of amides is 4. The van der Waals surface area contributed by atoms with Gasteiger partial charge in [0.15, 0.2) is 0 Å². The summed E-state index contributed by atoms with van der Waals surface area (Å²) in [5.41, 5.74) is 0.940. The fraction of sp³-hybridized carbons (Fsp3) is 0.609. The van der Waals surface area contributed by atoms with Crippen LogP contribution >= 0.6 is 0 Å². The van der Waals surface area contributed by atoms with E-state index in [1.165, 1.54) is 0 Å². The van der Waals surface area contributed by atoms with Crippen molar-refractivity contribution in [2.75, 3.05) is 33.8 Å². The molecule has 2 fully saturated rings. The van der Waals surface area contributed by atoms with Crippen molar-refractivity contribution in [1.82, 2.24) is 25.1 Å². The largest absolute Gasteiger partial charge is 0.497 e. The van der Waals surface area contributed by atoms with Crippen molar-refractivity contribution in [2.45, 2.75) is 52.4 Å². The van der Waals surface area contributed by atoms with Crippen LogP contribution in [-0.2, 0) is 16.1 Å². The zero-order valence-corrected chi connectivity index (χ0v) is 19.7. The number of rotatable bonds is 7. The molecule has 0 aromatic heterocycles. The molecule has 2 aliphatic rings. The fourth-order valence-electron chi connectivity index (χ4n) is 4.41. The predicted molar refractivity (Wildman–Crippen MR) is 120 cm³/mol. The van der Waals surface area contributed by atoms with Crippen molar-refractivity contribution in [3.05, 3.63) is 29.8 Å². The van der Waals surface area contributed by atoms with Gasteiger partial charge in [-0.15, -0.1) is 0 Å². The zero-order chi connectivity index (χ0) is 23.4. The average molecular weight is 446 g/mol. The highest BCUT2D eigenvalue weighted by Crippen LogP contribution is 2.29. The number of nitrogens with zero attached hydrogens (tertiary/aromatic N) is 4. The number of hydrogen-bond acceptors (Lipinski definition) is 5. The molecule has 2 saturated heterocycles. The lowest BCUT2D eigenvalue weighted by Crippen LogP contribution is -2.76. The summed E-state index contributed by atoms with van der Waals surface area (Å²) < 4.78 is 5.18. The van der Waals surface area contributed by atoms with Gasteiger partial charge in [-0.3, -0.25) is 9.59 Å². The number of hydrogen-bond donors (Lipinski definition) is 1. The Balaban J connectivity index is 1.81. The minimum atomic E-state index is -0.566. The Morgan fingerprint density at radius 2 is 1.91 bits per heavy atom. The number of urea groups is 1. The fourth-order valence-corrected chi connectivity index (χ4v) is 4.41. The van der Waals surface area contributed by atoms with E-state index in [2.05, 4.69) is 12.2 Å². The van der Waals surface area contributed by atoms with E-state index in [4.69, 9.17) is 4.74 Å². The Kier molecular flexibility index (Phi) is 7.60. The van der Waals surface area contributed by atoms with E-state index < -0.39 is 12.2 Å². The van der Waals surface area contributed by atoms with E-state index in [1.807, 2.05) is 43.0 Å². The topological polar surface area (TPSA) is 85.4 Å². The molecule has 0 radical (unpaired) electrons. The van der Waals surface area contributed by atoms with E-state index in [1.54, 1.807) is 29.1 Å². The third kappa shape index (κ3) is 4.82. The maximum absolute atomic E-state index is 13.3. The van der Waals surface area contributed by atoms with Gasteiger partial charge in [-0.2, -0.15) is 0 Å². The highest BCUT2D eigenvalue weighted by atomic mass is 16.5. The van der Waals surface area contributed by atoms with E-state index in [-0.39, 0.29) is 30.3 Å². The summed E-state index contributed by atoms with van der Waals surface area (Å²) in [6, 6.07) is 6.63. The quantitative estimate of drug-likeness (QED) is 0.693.